The Hall–Kier alpha value is -2.37. The Kier molecular flexibility index (Phi) is 4.42. The molecule has 2 heterocycles. The smallest absolute Gasteiger partial charge is 0.283 e. The maximum Gasteiger partial charge on any atom is 0.283 e. The summed E-state index contributed by atoms with van der Waals surface area (Å²) in [4.78, 5) is 31.4. The van der Waals surface area contributed by atoms with E-state index in [0.717, 1.165) is 30.4 Å². The molecule has 0 aromatic heterocycles. The average Bonchev–Trinajstić information content (AvgIpc) is 2.90. The molecule has 26 heavy (non-hydrogen) atoms. The van der Waals surface area contributed by atoms with Crippen LogP contribution in [0.3, 0.4) is 0 Å². The average molecular weight is 370 g/mol. The van der Waals surface area contributed by atoms with E-state index in [2.05, 4.69) is 11.8 Å². The summed E-state index contributed by atoms with van der Waals surface area (Å²) in [6.07, 6.45) is 0. The standard InChI is InChI=1S/C20H20ClN3O2/c1-2-22-10-12-23(13-11-22)18-17(21)19(25)24(20(18)26)16-9-5-7-14-6-3-4-8-15(14)16/h3-9H,2,10-13H2,1H3. The Balaban J connectivity index is 1.69. The highest BCUT2D eigenvalue weighted by Crippen LogP contribution is 2.35. The minimum atomic E-state index is -0.444. The van der Waals surface area contributed by atoms with Crippen LogP contribution in [0.15, 0.2) is 53.2 Å². The van der Waals surface area contributed by atoms with Crippen molar-refractivity contribution in [1.29, 1.82) is 0 Å². The van der Waals surface area contributed by atoms with Crippen molar-refractivity contribution in [3.8, 4) is 0 Å². The van der Waals surface area contributed by atoms with Gasteiger partial charge in [-0.3, -0.25) is 9.59 Å². The van der Waals surface area contributed by atoms with Gasteiger partial charge in [-0.05, 0) is 18.0 Å². The van der Waals surface area contributed by atoms with Gasteiger partial charge < -0.3 is 9.80 Å². The number of nitrogens with zero attached hydrogens (tertiary/aromatic N) is 3. The van der Waals surface area contributed by atoms with Crippen molar-refractivity contribution < 1.29 is 9.59 Å². The fourth-order valence-corrected chi connectivity index (χ4v) is 3.96. The fourth-order valence-electron chi connectivity index (χ4n) is 3.68. The van der Waals surface area contributed by atoms with Gasteiger partial charge in [0, 0.05) is 31.6 Å². The van der Waals surface area contributed by atoms with Crippen molar-refractivity contribution in [1.82, 2.24) is 9.80 Å². The van der Waals surface area contributed by atoms with Gasteiger partial charge in [0.25, 0.3) is 11.8 Å². The SMILES string of the molecule is CCN1CCN(C2=C(Cl)C(=O)N(c3cccc4ccccc34)C2=O)CC1. The van der Waals surface area contributed by atoms with Gasteiger partial charge in [-0.15, -0.1) is 0 Å². The van der Waals surface area contributed by atoms with E-state index in [1.807, 2.05) is 41.3 Å². The molecular weight excluding hydrogens is 350 g/mol. The number of benzene rings is 2. The van der Waals surface area contributed by atoms with Gasteiger partial charge in [0.05, 0.1) is 5.69 Å². The maximum atomic E-state index is 13.1. The van der Waals surface area contributed by atoms with Crippen LogP contribution in [0.25, 0.3) is 10.8 Å². The van der Waals surface area contributed by atoms with Gasteiger partial charge in [0.1, 0.15) is 10.7 Å². The normalized spacial score (nSPS) is 19.2. The van der Waals surface area contributed by atoms with Crippen molar-refractivity contribution in [2.75, 3.05) is 37.6 Å². The summed E-state index contributed by atoms with van der Waals surface area (Å²) in [5.41, 5.74) is 0.916. The van der Waals surface area contributed by atoms with Crippen molar-refractivity contribution in [3.63, 3.8) is 0 Å². The molecule has 134 valence electrons. The van der Waals surface area contributed by atoms with E-state index in [0.29, 0.717) is 24.5 Å². The number of likely N-dealkylation sites (N-methyl/N-ethyl adjacent to an activating group) is 1. The molecule has 0 unspecified atom stereocenters. The number of piperazine rings is 1. The molecule has 2 aromatic rings. The van der Waals surface area contributed by atoms with Gasteiger partial charge >= 0.3 is 0 Å². The summed E-state index contributed by atoms with van der Waals surface area (Å²) >= 11 is 6.34. The second-order valence-corrected chi connectivity index (χ2v) is 6.91. The lowest BCUT2D eigenvalue weighted by Gasteiger charge is -2.35. The first-order chi connectivity index (χ1) is 12.6. The van der Waals surface area contributed by atoms with E-state index < -0.39 is 5.91 Å². The molecular formula is C20H20ClN3O2. The molecule has 0 radical (unpaired) electrons. The molecule has 4 rings (SSSR count). The van der Waals surface area contributed by atoms with E-state index in [4.69, 9.17) is 11.6 Å². The van der Waals surface area contributed by atoms with Crippen molar-refractivity contribution >= 4 is 39.9 Å². The Morgan fingerprint density at radius 1 is 0.923 bits per heavy atom. The highest BCUT2D eigenvalue weighted by Gasteiger charge is 2.42. The summed E-state index contributed by atoms with van der Waals surface area (Å²) in [6.45, 7) is 6.22. The number of carbonyl (C=O) groups is 2. The van der Waals surface area contributed by atoms with Crippen LogP contribution >= 0.6 is 11.6 Å². The number of anilines is 1. The lowest BCUT2D eigenvalue weighted by atomic mass is 10.1. The largest absolute Gasteiger partial charge is 0.363 e. The molecule has 1 saturated heterocycles. The van der Waals surface area contributed by atoms with Crippen LogP contribution < -0.4 is 4.90 Å². The summed E-state index contributed by atoms with van der Waals surface area (Å²) in [5.74, 6) is -0.776. The monoisotopic (exact) mass is 369 g/mol. The van der Waals surface area contributed by atoms with Gasteiger partial charge in [-0.25, -0.2) is 4.90 Å². The van der Waals surface area contributed by atoms with E-state index in [1.54, 1.807) is 6.07 Å². The maximum absolute atomic E-state index is 13.1. The summed E-state index contributed by atoms with van der Waals surface area (Å²) in [6, 6.07) is 13.3. The van der Waals surface area contributed by atoms with E-state index in [9.17, 15) is 9.59 Å². The molecule has 6 heteroatoms. The number of amides is 2. The first-order valence-corrected chi connectivity index (χ1v) is 9.23. The van der Waals surface area contributed by atoms with Crippen LogP contribution in [0.1, 0.15) is 6.92 Å². The highest BCUT2D eigenvalue weighted by molar-refractivity contribution is 6.53. The van der Waals surface area contributed by atoms with Gasteiger partial charge in [0.15, 0.2) is 0 Å². The number of hydrogen-bond donors (Lipinski definition) is 0. The van der Waals surface area contributed by atoms with Gasteiger partial charge in [0.2, 0.25) is 0 Å². The molecule has 0 bridgehead atoms. The van der Waals surface area contributed by atoms with Crippen LogP contribution in [0.2, 0.25) is 0 Å². The fraction of sp³-hybridized carbons (Fsp3) is 0.300. The summed E-state index contributed by atoms with van der Waals surface area (Å²) < 4.78 is 0. The van der Waals surface area contributed by atoms with Crippen LogP contribution in [0, 0.1) is 0 Å². The third-order valence-corrected chi connectivity index (χ3v) is 5.49. The predicted molar refractivity (Wildman–Crippen MR) is 103 cm³/mol. The van der Waals surface area contributed by atoms with Crippen LogP contribution in [-0.4, -0.2) is 54.3 Å². The predicted octanol–water partition coefficient (Wildman–Crippen LogP) is 2.80. The first kappa shape index (κ1) is 17.1. The molecule has 0 aliphatic carbocycles. The van der Waals surface area contributed by atoms with Crippen LogP contribution in [0.5, 0.6) is 0 Å². The Labute approximate surface area is 157 Å². The second-order valence-electron chi connectivity index (χ2n) is 6.53. The molecule has 1 fully saturated rings. The second kappa shape index (κ2) is 6.74. The van der Waals surface area contributed by atoms with Crippen molar-refractivity contribution in [2.45, 2.75) is 6.92 Å². The third kappa shape index (κ3) is 2.68. The molecule has 2 aliphatic heterocycles. The molecule has 2 amide bonds. The molecule has 0 spiro atoms. The number of rotatable bonds is 3. The van der Waals surface area contributed by atoms with Gasteiger partial charge in [-0.1, -0.05) is 54.9 Å². The molecule has 2 aromatic carbocycles. The Morgan fingerprint density at radius 3 is 2.35 bits per heavy atom. The van der Waals surface area contributed by atoms with Crippen molar-refractivity contribution in [2.24, 2.45) is 0 Å². The lowest BCUT2D eigenvalue weighted by molar-refractivity contribution is -0.121. The molecule has 2 aliphatic rings. The molecule has 0 N–H and O–H groups in total. The zero-order valence-corrected chi connectivity index (χ0v) is 15.4. The van der Waals surface area contributed by atoms with Crippen LogP contribution in [-0.2, 0) is 9.59 Å². The molecule has 0 atom stereocenters. The number of carbonyl (C=O) groups excluding carboxylic acids is 2. The minimum absolute atomic E-state index is 0.0212. The number of fused-ring (bicyclic) bond motifs is 1. The Bertz CT molecular complexity index is 911. The Morgan fingerprint density at radius 2 is 1.62 bits per heavy atom. The summed E-state index contributed by atoms with van der Waals surface area (Å²) in [5, 5.41) is 1.86. The number of halogens is 1. The van der Waals surface area contributed by atoms with Crippen LogP contribution in [0.4, 0.5) is 5.69 Å². The first-order valence-electron chi connectivity index (χ1n) is 8.85. The zero-order chi connectivity index (χ0) is 18.3. The highest BCUT2D eigenvalue weighted by atomic mass is 35.5. The lowest BCUT2D eigenvalue weighted by Crippen LogP contribution is -2.47. The minimum Gasteiger partial charge on any atom is -0.363 e. The van der Waals surface area contributed by atoms with Gasteiger partial charge in [-0.2, -0.15) is 0 Å². The summed E-state index contributed by atoms with van der Waals surface area (Å²) in [7, 11) is 0. The van der Waals surface area contributed by atoms with Crippen molar-refractivity contribution in [3.05, 3.63) is 53.2 Å². The molecule has 0 saturated carbocycles. The number of hydrogen-bond acceptors (Lipinski definition) is 4. The quantitative estimate of drug-likeness (QED) is 0.780. The van der Waals surface area contributed by atoms with E-state index in [-0.39, 0.29) is 10.9 Å². The number of imide groups is 1. The third-order valence-electron chi connectivity index (χ3n) is 5.15. The molecule has 5 nitrogen and oxygen atoms in total. The zero-order valence-electron chi connectivity index (χ0n) is 14.6. The van der Waals surface area contributed by atoms with E-state index >= 15 is 0 Å². The van der Waals surface area contributed by atoms with E-state index in [1.165, 1.54) is 4.90 Å². The topological polar surface area (TPSA) is 43.9 Å².